The van der Waals surface area contributed by atoms with Crippen LogP contribution in [0.25, 0.3) is 0 Å². The van der Waals surface area contributed by atoms with Gasteiger partial charge in [-0.05, 0) is 57.0 Å². The Bertz CT molecular complexity index is 521. The monoisotopic (exact) mass is 335 g/mol. The number of carbonyl (C=O) groups is 1. The average molecular weight is 336 g/mol. The quantitative estimate of drug-likeness (QED) is 0.878. The van der Waals surface area contributed by atoms with Crippen LogP contribution in [0.1, 0.15) is 38.5 Å². The zero-order valence-corrected chi connectivity index (χ0v) is 14.4. The average Bonchev–Trinajstić information content (AvgIpc) is 2.84. The van der Waals surface area contributed by atoms with E-state index in [1.807, 2.05) is 23.1 Å². The van der Waals surface area contributed by atoms with Crippen LogP contribution in [0.5, 0.6) is 0 Å². The predicted octanol–water partition coefficient (Wildman–Crippen LogP) is 4.21. The molecule has 1 aromatic carbocycles. The zero-order valence-electron chi connectivity index (χ0n) is 13.6. The number of amides is 2. The van der Waals surface area contributed by atoms with Crippen molar-refractivity contribution >= 4 is 23.3 Å². The Hall–Kier alpha value is -1.26. The number of benzene rings is 1. The third-order valence-corrected chi connectivity index (χ3v) is 5.22. The fourth-order valence-electron chi connectivity index (χ4n) is 3.66. The molecule has 2 aliphatic rings. The summed E-state index contributed by atoms with van der Waals surface area (Å²) in [6.07, 6.45) is 7.58. The predicted molar refractivity (Wildman–Crippen MR) is 95.1 cm³/mol. The Morgan fingerprint density at radius 2 is 1.74 bits per heavy atom. The van der Waals surface area contributed by atoms with Crippen LogP contribution in [0.15, 0.2) is 24.3 Å². The fourth-order valence-corrected chi connectivity index (χ4v) is 3.85. The van der Waals surface area contributed by atoms with Crippen molar-refractivity contribution in [3.8, 4) is 0 Å². The summed E-state index contributed by atoms with van der Waals surface area (Å²) in [7, 11) is 0. The highest BCUT2D eigenvalue weighted by atomic mass is 35.5. The van der Waals surface area contributed by atoms with Gasteiger partial charge >= 0.3 is 6.03 Å². The Morgan fingerprint density at radius 1 is 1.04 bits per heavy atom. The number of nitrogens with one attached hydrogen (secondary N) is 1. The molecule has 0 atom stereocenters. The van der Waals surface area contributed by atoms with Crippen LogP contribution in [0.2, 0.25) is 5.02 Å². The molecule has 0 saturated carbocycles. The van der Waals surface area contributed by atoms with Gasteiger partial charge in [-0.3, -0.25) is 0 Å². The molecule has 4 nitrogen and oxygen atoms in total. The summed E-state index contributed by atoms with van der Waals surface area (Å²) in [6, 6.07) is 7.95. The smallest absolute Gasteiger partial charge is 0.321 e. The lowest BCUT2D eigenvalue weighted by molar-refractivity contribution is 0.124. The van der Waals surface area contributed by atoms with Gasteiger partial charge in [0.15, 0.2) is 0 Å². The van der Waals surface area contributed by atoms with E-state index in [1.54, 1.807) is 6.07 Å². The van der Waals surface area contributed by atoms with Gasteiger partial charge in [-0.2, -0.15) is 0 Å². The summed E-state index contributed by atoms with van der Waals surface area (Å²) in [6.45, 7) is 4.15. The van der Waals surface area contributed by atoms with Crippen molar-refractivity contribution in [2.45, 2.75) is 44.6 Å². The SMILES string of the molecule is O=C(Nc1cccc(Cl)c1)N1CCC(N2CCCCCC2)CC1. The van der Waals surface area contributed by atoms with Gasteiger partial charge in [0.25, 0.3) is 0 Å². The zero-order chi connectivity index (χ0) is 16.1. The van der Waals surface area contributed by atoms with Crippen LogP contribution in [-0.4, -0.2) is 48.1 Å². The first-order valence-corrected chi connectivity index (χ1v) is 9.16. The molecule has 5 heteroatoms. The fraction of sp³-hybridized carbons (Fsp3) is 0.611. The van der Waals surface area contributed by atoms with Crippen LogP contribution in [0, 0.1) is 0 Å². The third-order valence-electron chi connectivity index (χ3n) is 4.98. The number of carbonyl (C=O) groups excluding carboxylic acids is 1. The molecule has 3 rings (SSSR count). The van der Waals surface area contributed by atoms with Gasteiger partial charge < -0.3 is 15.1 Å². The molecule has 2 heterocycles. The lowest BCUT2D eigenvalue weighted by Gasteiger charge is -2.38. The van der Waals surface area contributed by atoms with E-state index in [-0.39, 0.29) is 6.03 Å². The van der Waals surface area contributed by atoms with E-state index in [2.05, 4.69) is 10.2 Å². The van der Waals surface area contributed by atoms with Gasteiger partial charge in [-0.1, -0.05) is 30.5 Å². The normalized spacial score (nSPS) is 21.0. The first kappa shape index (κ1) is 16.6. The third kappa shape index (κ3) is 4.61. The Morgan fingerprint density at radius 3 is 2.39 bits per heavy atom. The number of hydrogen-bond acceptors (Lipinski definition) is 2. The Balaban J connectivity index is 1.49. The first-order chi connectivity index (χ1) is 11.2. The molecule has 0 radical (unpaired) electrons. The Kier molecular flexibility index (Phi) is 5.79. The van der Waals surface area contributed by atoms with Gasteiger partial charge in [0.2, 0.25) is 0 Å². The van der Waals surface area contributed by atoms with Crippen molar-refractivity contribution in [2.75, 3.05) is 31.5 Å². The largest absolute Gasteiger partial charge is 0.324 e. The highest BCUT2D eigenvalue weighted by Crippen LogP contribution is 2.21. The second-order valence-electron chi connectivity index (χ2n) is 6.61. The van der Waals surface area contributed by atoms with Crippen molar-refractivity contribution in [3.05, 3.63) is 29.3 Å². The highest BCUT2D eigenvalue weighted by Gasteiger charge is 2.27. The van der Waals surface area contributed by atoms with Crippen molar-refractivity contribution < 1.29 is 4.79 Å². The summed E-state index contributed by atoms with van der Waals surface area (Å²) >= 11 is 5.96. The van der Waals surface area contributed by atoms with Crippen molar-refractivity contribution in [3.63, 3.8) is 0 Å². The molecule has 2 saturated heterocycles. The number of hydrogen-bond donors (Lipinski definition) is 1. The van der Waals surface area contributed by atoms with Crippen LogP contribution in [0.3, 0.4) is 0 Å². The van der Waals surface area contributed by atoms with Crippen molar-refractivity contribution in [1.82, 2.24) is 9.80 Å². The van der Waals surface area contributed by atoms with E-state index in [1.165, 1.54) is 38.8 Å². The number of urea groups is 1. The number of anilines is 1. The molecule has 0 aliphatic carbocycles. The molecule has 126 valence electrons. The van der Waals surface area contributed by atoms with E-state index in [9.17, 15) is 4.79 Å². The van der Waals surface area contributed by atoms with E-state index in [4.69, 9.17) is 11.6 Å². The summed E-state index contributed by atoms with van der Waals surface area (Å²) in [5.74, 6) is 0. The molecule has 23 heavy (non-hydrogen) atoms. The molecular weight excluding hydrogens is 310 g/mol. The van der Waals surface area contributed by atoms with Gasteiger partial charge in [0.05, 0.1) is 0 Å². The van der Waals surface area contributed by atoms with Gasteiger partial charge in [0.1, 0.15) is 0 Å². The topological polar surface area (TPSA) is 35.6 Å². The van der Waals surface area contributed by atoms with E-state index in [0.29, 0.717) is 11.1 Å². The molecule has 0 unspecified atom stereocenters. The number of halogens is 1. The summed E-state index contributed by atoms with van der Waals surface area (Å²) < 4.78 is 0. The van der Waals surface area contributed by atoms with Gasteiger partial charge in [0, 0.05) is 29.8 Å². The van der Waals surface area contributed by atoms with Crippen molar-refractivity contribution in [1.29, 1.82) is 0 Å². The van der Waals surface area contributed by atoms with Crippen LogP contribution in [-0.2, 0) is 0 Å². The van der Waals surface area contributed by atoms with Gasteiger partial charge in [-0.25, -0.2) is 4.79 Å². The maximum Gasteiger partial charge on any atom is 0.321 e. The minimum Gasteiger partial charge on any atom is -0.324 e. The van der Waals surface area contributed by atoms with Crippen LogP contribution in [0.4, 0.5) is 10.5 Å². The summed E-state index contributed by atoms with van der Waals surface area (Å²) in [5, 5.41) is 3.59. The highest BCUT2D eigenvalue weighted by molar-refractivity contribution is 6.30. The molecule has 1 aromatic rings. The first-order valence-electron chi connectivity index (χ1n) is 8.78. The van der Waals surface area contributed by atoms with Crippen molar-refractivity contribution in [2.24, 2.45) is 0 Å². The van der Waals surface area contributed by atoms with E-state index >= 15 is 0 Å². The lowest BCUT2D eigenvalue weighted by Crippen LogP contribution is -2.48. The molecule has 0 spiro atoms. The van der Waals surface area contributed by atoms with E-state index < -0.39 is 0 Å². The molecule has 2 fully saturated rings. The second-order valence-corrected chi connectivity index (χ2v) is 7.05. The molecule has 2 aliphatic heterocycles. The van der Waals surface area contributed by atoms with Crippen LogP contribution >= 0.6 is 11.6 Å². The Labute approximate surface area is 143 Å². The minimum absolute atomic E-state index is 0.0124. The number of piperidine rings is 1. The second kappa shape index (κ2) is 8.02. The number of likely N-dealkylation sites (tertiary alicyclic amines) is 2. The summed E-state index contributed by atoms with van der Waals surface area (Å²) in [4.78, 5) is 17.0. The maximum absolute atomic E-state index is 12.4. The lowest BCUT2D eigenvalue weighted by atomic mass is 10.0. The molecule has 0 bridgehead atoms. The van der Waals surface area contributed by atoms with E-state index in [0.717, 1.165) is 31.6 Å². The maximum atomic E-state index is 12.4. The minimum atomic E-state index is -0.0124. The molecule has 2 amide bonds. The number of rotatable bonds is 2. The molecular formula is C18H26ClN3O. The molecule has 1 N–H and O–H groups in total. The van der Waals surface area contributed by atoms with Gasteiger partial charge in [-0.15, -0.1) is 0 Å². The standard InChI is InChI=1S/C18H26ClN3O/c19-15-6-5-7-16(14-15)20-18(23)22-12-8-17(9-13-22)21-10-3-1-2-4-11-21/h5-7,14,17H,1-4,8-13H2,(H,20,23). The molecule has 0 aromatic heterocycles. The summed E-state index contributed by atoms with van der Waals surface area (Å²) in [5.41, 5.74) is 0.761. The van der Waals surface area contributed by atoms with Crippen LogP contribution < -0.4 is 5.32 Å². The number of nitrogens with zero attached hydrogens (tertiary/aromatic N) is 2.